The summed E-state index contributed by atoms with van der Waals surface area (Å²) in [4.78, 5) is 12.1. The van der Waals surface area contributed by atoms with Crippen molar-refractivity contribution in [3.8, 4) is 11.8 Å². The Morgan fingerprint density at radius 3 is 2.45 bits per heavy atom. The van der Waals surface area contributed by atoms with Gasteiger partial charge in [-0.1, -0.05) is 12.1 Å². The third-order valence-electron chi connectivity index (χ3n) is 2.64. The van der Waals surface area contributed by atoms with Gasteiger partial charge in [0.05, 0.1) is 17.9 Å². The molecule has 0 radical (unpaired) electrons. The number of ketones is 1. The molecule has 2 rings (SSSR count). The molecular weight excluding hydrogens is 268 g/mol. The second kappa shape index (κ2) is 5.97. The summed E-state index contributed by atoms with van der Waals surface area (Å²) in [6.07, 6.45) is 2.59. The first-order valence-electron chi connectivity index (χ1n) is 5.62. The van der Waals surface area contributed by atoms with Crippen molar-refractivity contribution in [2.24, 2.45) is 0 Å². The van der Waals surface area contributed by atoms with Crippen LogP contribution in [0.5, 0.6) is 5.75 Å². The van der Waals surface area contributed by atoms with Crippen LogP contribution in [0.15, 0.2) is 47.3 Å². The van der Waals surface area contributed by atoms with Gasteiger partial charge in [-0.3, -0.25) is 4.79 Å². The summed E-state index contributed by atoms with van der Waals surface area (Å²) in [5.41, 5.74) is 0.685. The Balaban J connectivity index is 2.20. The maximum absolute atomic E-state index is 12.1. The summed E-state index contributed by atoms with van der Waals surface area (Å²) in [7, 11) is 0. The van der Waals surface area contributed by atoms with E-state index in [1.54, 1.807) is 0 Å². The predicted octanol–water partition coefficient (Wildman–Crippen LogP) is 3.37. The number of benzene rings is 1. The van der Waals surface area contributed by atoms with Crippen LogP contribution in [0.25, 0.3) is 0 Å². The third-order valence-corrected chi connectivity index (χ3v) is 2.64. The molecule has 1 aromatic carbocycles. The first kappa shape index (κ1) is 13.7. The van der Waals surface area contributed by atoms with Gasteiger partial charge in [0.15, 0.2) is 5.78 Å². The monoisotopic (exact) mass is 277 g/mol. The highest BCUT2D eigenvalue weighted by atomic mass is 19.3. The number of nitrogens with zero attached hydrogens (tertiary/aromatic N) is 1. The fourth-order valence-electron chi connectivity index (χ4n) is 1.70. The Morgan fingerprint density at radius 1 is 1.25 bits per heavy atom. The van der Waals surface area contributed by atoms with E-state index in [1.165, 1.54) is 42.9 Å². The molecule has 0 spiro atoms. The lowest BCUT2D eigenvalue weighted by molar-refractivity contribution is -0.0498. The largest absolute Gasteiger partial charge is 0.472 e. The molecule has 1 unspecified atom stereocenters. The Kier molecular flexibility index (Phi) is 4.11. The van der Waals surface area contributed by atoms with Crippen LogP contribution >= 0.6 is 0 Å². The molecule has 0 aliphatic heterocycles. The molecule has 2 aromatic rings. The van der Waals surface area contributed by atoms with Gasteiger partial charge < -0.3 is 9.15 Å². The summed E-state index contributed by atoms with van der Waals surface area (Å²) in [6.45, 7) is -2.92. The highest BCUT2D eigenvalue weighted by Gasteiger charge is 2.22. The second-order valence-electron chi connectivity index (χ2n) is 3.89. The van der Waals surface area contributed by atoms with E-state index < -0.39 is 18.3 Å². The molecule has 6 heteroatoms. The van der Waals surface area contributed by atoms with Gasteiger partial charge in [-0.15, -0.1) is 0 Å². The number of Topliss-reactive ketones (excluding diaryl/α,β-unsaturated/α-hetero) is 1. The Bertz CT molecular complexity index is 615. The van der Waals surface area contributed by atoms with Crippen LogP contribution in [0.4, 0.5) is 8.78 Å². The standard InChI is InChI=1S/C14H9F2NO3/c15-14(16)20-11-3-1-9(2-4-11)12(7-17)13(18)10-5-6-19-8-10/h1-6,8,12,14H. The SMILES string of the molecule is N#CC(C(=O)c1ccoc1)c1ccc(OC(F)F)cc1. The van der Waals surface area contributed by atoms with E-state index in [9.17, 15) is 13.6 Å². The molecule has 0 saturated heterocycles. The highest BCUT2D eigenvalue weighted by Crippen LogP contribution is 2.23. The zero-order valence-corrected chi connectivity index (χ0v) is 10.1. The van der Waals surface area contributed by atoms with Gasteiger partial charge in [0.25, 0.3) is 0 Å². The fourth-order valence-corrected chi connectivity index (χ4v) is 1.70. The summed E-state index contributed by atoms with van der Waals surface area (Å²) in [5, 5.41) is 9.11. The van der Waals surface area contributed by atoms with Gasteiger partial charge in [0.1, 0.15) is 17.9 Å². The van der Waals surface area contributed by atoms with Crippen LogP contribution in [0.2, 0.25) is 0 Å². The van der Waals surface area contributed by atoms with Crippen LogP contribution in [0.1, 0.15) is 21.8 Å². The molecule has 1 heterocycles. The number of rotatable bonds is 5. The molecule has 0 N–H and O–H groups in total. The van der Waals surface area contributed by atoms with Gasteiger partial charge in [-0.05, 0) is 23.8 Å². The molecule has 0 saturated carbocycles. The Morgan fingerprint density at radius 2 is 1.95 bits per heavy atom. The minimum absolute atomic E-state index is 0.0313. The van der Waals surface area contributed by atoms with Gasteiger partial charge in [-0.2, -0.15) is 14.0 Å². The van der Waals surface area contributed by atoms with Crippen molar-refractivity contribution in [2.45, 2.75) is 12.5 Å². The summed E-state index contributed by atoms with van der Waals surface area (Å²) < 4.78 is 33.0. The minimum atomic E-state index is -2.92. The topological polar surface area (TPSA) is 63.2 Å². The number of hydrogen-bond donors (Lipinski definition) is 0. The lowest BCUT2D eigenvalue weighted by Crippen LogP contribution is -2.10. The van der Waals surface area contributed by atoms with Gasteiger partial charge in [0, 0.05) is 0 Å². The van der Waals surface area contributed by atoms with Crippen LogP contribution in [0, 0.1) is 11.3 Å². The van der Waals surface area contributed by atoms with Crippen LogP contribution in [-0.2, 0) is 0 Å². The second-order valence-corrected chi connectivity index (χ2v) is 3.89. The van der Waals surface area contributed by atoms with Crippen molar-refractivity contribution in [1.82, 2.24) is 0 Å². The van der Waals surface area contributed by atoms with E-state index in [1.807, 2.05) is 6.07 Å². The molecule has 0 aliphatic rings. The highest BCUT2D eigenvalue weighted by molar-refractivity contribution is 6.02. The molecule has 1 aromatic heterocycles. The number of alkyl halides is 2. The van der Waals surface area contributed by atoms with E-state index in [4.69, 9.17) is 9.68 Å². The van der Waals surface area contributed by atoms with E-state index in [0.717, 1.165) is 0 Å². The smallest absolute Gasteiger partial charge is 0.387 e. The van der Waals surface area contributed by atoms with Crippen molar-refractivity contribution in [2.75, 3.05) is 0 Å². The average Bonchev–Trinajstić information content (AvgIpc) is 2.94. The van der Waals surface area contributed by atoms with Crippen LogP contribution < -0.4 is 4.74 Å². The minimum Gasteiger partial charge on any atom is -0.472 e. The van der Waals surface area contributed by atoms with E-state index in [0.29, 0.717) is 5.56 Å². The van der Waals surface area contributed by atoms with Crippen molar-refractivity contribution < 1.29 is 22.7 Å². The number of halogens is 2. The van der Waals surface area contributed by atoms with Crippen molar-refractivity contribution in [3.05, 3.63) is 54.0 Å². The molecule has 0 fully saturated rings. The zero-order chi connectivity index (χ0) is 14.5. The number of carbonyl (C=O) groups is 1. The average molecular weight is 277 g/mol. The van der Waals surface area contributed by atoms with E-state index in [-0.39, 0.29) is 11.3 Å². The third kappa shape index (κ3) is 3.01. The maximum Gasteiger partial charge on any atom is 0.387 e. The van der Waals surface area contributed by atoms with Crippen LogP contribution in [-0.4, -0.2) is 12.4 Å². The lowest BCUT2D eigenvalue weighted by atomic mass is 9.93. The van der Waals surface area contributed by atoms with Gasteiger partial charge in [-0.25, -0.2) is 0 Å². The van der Waals surface area contributed by atoms with E-state index >= 15 is 0 Å². The Hall–Kier alpha value is -2.68. The molecule has 4 nitrogen and oxygen atoms in total. The molecule has 102 valence electrons. The predicted molar refractivity (Wildman–Crippen MR) is 64.5 cm³/mol. The quantitative estimate of drug-likeness (QED) is 0.786. The molecule has 1 atom stereocenters. The molecule has 0 bridgehead atoms. The first-order chi connectivity index (χ1) is 9.61. The maximum atomic E-state index is 12.1. The summed E-state index contributed by atoms with van der Waals surface area (Å²) in [6, 6.07) is 8.73. The number of ether oxygens (including phenoxy) is 1. The number of nitriles is 1. The van der Waals surface area contributed by atoms with Gasteiger partial charge in [0.2, 0.25) is 0 Å². The molecule has 0 aliphatic carbocycles. The summed E-state index contributed by atoms with van der Waals surface area (Å²) in [5.74, 6) is -1.46. The van der Waals surface area contributed by atoms with Crippen molar-refractivity contribution in [3.63, 3.8) is 0 Å². The van der Waals surface area contributed by atoms with Crippen molar-refractivity contribution in [1.29, 1.82) is 5.26 Å². The normalized spacial score (nSPS) is 11.9. The number of carbonyl (C=O) groups excluding carboxylic acids is 1. The zero-order valence-electron chi connectivity index (χ0n) is 10.1. The van der Waals surface area contributed by atoms with Crippen LogP contribution in [0.3, 0.4) is 0 Å². The van der Waals surface area contributed by atoms with Crippen molar-refractivity contribution >= 4 is 5.78 Å². The molecular formula is C14H9F2NO3. The lowest BCUT2D eigenvalue weighted by Gasteiger charge is -2.09. The molecule has 20 heavy (non-hydrogen) atoms. The van der Waals surface area contributed by atoms with Gasteiger partial charge >= 0.3 is 6.61 Å². The Labute approximate surface area is 113 Å². The number of hydrogen-bond acceptors (Lipinski definition) is 4. The summed E-state index contributed by atoms with van der Waals surface area (Å²) >= 11 is 0. The molecule has 0 amide bonds. The number of furan rings is 1. The fraction of sp³-hybridized carbons (Fsp3) is 0.143. The first-order valence-corrected chi connectivity index (χ1v) is 5.62. The van der Waals surface area contributed by atoms with E-state index in [2.05, 4.69) is 4.74 Å².